The van der Waals surface area contributed by atoms with Crippen molar-refractivity contribution in [3.05, 3.63) is 93.8 Å². The summed E-state index contributed by atoms with van der Waals surface area (Å²) >= 11 is 3.26. The van der Waals surface area contributed by atoms with Crippen molar-refractivity contribution in [2.24, 2.45) is 0 Å². The minimum absolute atomic E-state index is 0.142. The summed E-state index contributed by atoms with van der Waals surface area (Å²) in [4.78, 5) is 28.2. The van der Waals surface area contributed by atoms with E-state index < -0.39 is 0 Å². The van der Waals surface area contributed by atoms with E-state index in [2.05, 4.69) is 26.7 Å². The molecular formula is C24H20N6OS2. The zero-order chi connectivity index (χ0) is 22.2. The molecule has 0 fully saturated rings. The molecule has 0 bridgehead atoms. The van der Waals surface area contributed by atoms with Crippen molar-refractivity contribution in [1.82, 2.24) is 24.7 Å². The molecule has 1 aliphatic heterocycles. The Balaban J connectivity index is 1.37. The number of rotatable bonds is 5. The van der Waals surface area contributed by atoms with Crippen LogP contribution in [0.25, 0.3) is 0 Å². The number of thiophene rings is 1. The molecule has 164 valence electrons. The Morgan fingerprint density at radius 3 is 2.88 bits per heavy atom. The number of ketones is 1. The number of fused-ring (bicyclic) bond motifs is 1. The summed E-state index contributed by atoms with van der Waals surface area (Å²) in [6, 6.07) is 13.5. The number of pyridine rings is 2. The van der Waals surface area contributed by atoms with Gasteiger partial charge in [-0.3, -0.25) is 14.8 Å². The van der Waals surface area contributed by atoms with Crippen molar-refractivity contribution in [3.63, 3.8) is 0 Å². The van der Waals surface area contributed by atoms with E-state index in [1.54, 1.807) is 35.5 Å². The number of nitrogens with one attached hydrogen (secondary N) is 1. The Morgan fingerprint density at radius 2 is 2.09 bits per heavy atom. The fraction of sp³-hybridized carbons (Fsp3) is 0.208. The summed E-state index contributed by atoms with van der Waals surface area (Å²) < 4.78 is 1.82. The topological polar surface area (TPSA) is 85.6 Å². The Bertz CT molecular complexity index is 1320. The molecule has 0 spiro atoms. The number of carbonyl (C=O) groups is 1. The Hall–Kier alpha value is -3.30. The van der Waals surface area contributed by atoms with Gasteiger partial charge in [-0.05, 0) is 41.6 Å². The van der Waals surface area contributed by atoms with Gasteiger partial charge in [0, 0.05) is 52.8 Å². The first-order valence-corrected chi connectivity index (χ1v) is 12.6. The second-order valence-corrected chi connectivity index (χ2v) is 9.95. The largest absolute Gasteiger partial charge is 0.328 e. The Morgan fingerprint density at radius 1 is 1.12 bits per heavy atom. The number of carbonyl (C=O) groups excluding carboxylic acids is 1. The number of anilines is 1. The highest BCUT2D eigenvalue weighted by Gasteiger charge is 2.40. The summed E-state index contributed by atoms with van der Waals surface area (Å²) in [7, 11) is 0. The molecule has 6 rings (SSSR count). The number of allylic oxidation sites excluding steroid dienone is 2. The summed E-state index contributed by atoms with van der Waals surface area (Å²) in [6.45, 7) is 0. The van der Waals surface area contributed by atoms with Crippen LogP contribution < -0.4 is 5.32 Å². The molecule has 1 N–H and O–H groups in total. The van der Waals surface area contributed by atoms with Crippen molar-refractivity contribution in [3.8, 4) is 0 Å². The first-order chi connectivity index (χ1) is 16.3. The molecule has 9 heteroatoms. The van der Waals surface area contributed by atoms with Crippen LogP contribution >= 0.6 is 23.1 Å². The maximum Gasteiger partial charge on any atom is 0.227 e. The average Bonchev–Trinajstić information content (AvgIpc) is 3.52. The normalized spacial score (nSPS) is 19.7. The molecule has 2 aliphatic rings. The van der Waals surface area contributed by atoms with Crippen LogP contribution in [0.1, 0.15) is 40.9 Å². The second-order valence-electron chi connectivity index (χ2n) is 8.03. The zero-order valence-electron chi connectivity index (χ0n) is 17.6. The minimum atomic E-state index is -0.380. The summed E-state index contributed by atoms with van der Waals surface area (Å²) in [5, 5.41) is 10.9. The van der Waals surface area contributed by atoms with E-state index in [1.165, 1.54) is 4.88 Å². The van der Waals surface area contributed by atoms with Gasteiger partial charge in [0.2, 0.25) is 11.1 Å². The molecule has 1 aliphatic carbocycles. The first kappa shape index (κ1) is 20.3. The van der Waals surface area contributed by atoms with Gasteiger partial charge in [0.05, 0.1) is 5.69 Å². The molecule has 7 nitrogen and oxygen atoms in total. The van der Waals surface area contributed by atoms with E-state index in [0.717, 1.165) is 34.7 Å². The predicted octanol–water partition coefficient (Wildman–Crippen LogP) is 4.84. The molecule has 0 amide bonds. The van der Waals surface area contributed by atoms with Gasteiger partial charge in [0.1, 0.15) is 6.04 Å². The maximum absolute atomic E-state index is 13.5. The predicted molar refractivity (Wildman–Crippen MR) is 128 cm³/mol. The lowest BCUT2D eigenvalue weighted by Crippen LogP contribution is -2.33. The molecule has 4 aromatic rings. The lowest BCUT2D eigenvalue weighted by Gasteiger charge is -2.34. The maximum atomic E-state index is 13.5. The Kier molecular flexibility index (Phi) is 5.27. The molecule has 0 saturated heterocycles. The number of Topliss-reactive ketones (excluding diaryl/α,β-unsaturated/α-hetero) is 1. The Labute approximate surface area is 199 Å². The van der Waals surface area contributed by atoms with Gasteiger partial charge in [-0.2, -0.15) is 4.98 Å². The van der Waals surface area contributed by atoms with Crippen LogP contribution in [0.5, 0.6) is 0 Å². The SMILES string of the molecule is O=C1CC(c2cccs2)CC2=C1C(c1ccccn1)n1nc(SCc3cccnc3)nc1N2. The first-order valence-electron chi connectivity index (χ1n) is 10.7. The standard InChI is InChI=1S/C24H20N6OS2/c31-19-12-16(20-7-4-10-32-20)11-18-21(19)22(17-6-1-2-9-26-17)30-23(27-18)28-24(29-30)33-14-15-5-3-8-25-13-15/h1-10,13,16,22H,11-12,14H2,(H,27,28,29). The van der Waals surface area contributed by atoms with Crippen LogP contribution in [0.4, 0.5) is 5.95 Å². The van der Waals surface area contributed by atoms with Crippen molar-refractivity contribution in [1.29, 1.82) is 0 Å². The number of aromatic nitrogens is 5. The lowest BCUT2D eigenvalue weighted by molar-refractivity contribution is -0.116. The van der Waals surface area contributed by atoms with E-state index >= 15 is 0 Å². The van der Waals surface area contributed by atoms with Crippen LogP contribution in [-0.4, -0.2) is 30.5 Å². The quantitative estimate of drug-likeness (QED) is 0.416. The fourth-order valence-electron chi connectivity index (χ4n) is 4.42. The molecule has 33 heavy (non-hydrogen) atoms. The highest BCUT2D eigenvalue weighted by atomic mass is 32.2. The molecule has 0 radical (unpaired) electrons. The van der Waals surface area contributed by atoms with Gasteiger partial charge < -0.3 is 5.32 Å². The molecule has 5 heterocycles. The molecule has 2 atom stereocenters. The minimum Gasteiger partial charge on any atom is -0.328 e. The van der Waals surface area contributed by atoms with Crippen LogP contribution in [0.2, 0.25) is 0 Å². The van der Waals surface area contributed by atoms with Gasteiger partial charge >= 0.3 is 0 Å². The summed E-state index contributed by atoms with van der Waals surface area (Å²) in [6.07, 6.45) is 6.64. The van der Waals surface area contributed by atoms with Crippen molar-refractivity contribution < 1.29 is 4.79 Å². The van der Waals surface area contributed by atoms with Crippen molar-refractivity contribution in [2.75, 3.05) is 5.32 Å². The van der Waals surface area contributed by atoms with Gasteiger partial charge in [-0.15, -0.1) is 16.4 Å². The zero-order valence-corrected chi connectivity index (χ0v) is 19.2. The van der Waals surface area contributed by atoms with Gasteiger partial charge in [-0.1, -0.05) is 30.0 Å². The van der Waals surface area contributed by atoms with E-state index in [0.29, 0.717) is 17.5 Å². The van der Waals surface area contributed by atoms with E-state index in [4.69, 9.17) is 10.1 Å². The van der Waals surface area contributed by atoms with Crippen LogP contribution in [0.3, 0.4) is 0 Å². The van der Waals surface area contributed by atoms with Crippen LogP contribution in [0, 0.1) is 0 Å². The average molecular weight is 473 g/mol. The number of hydrogen-bond acceptors (Lipinski definition) is 8. The fourth-order valence-corrected chi connectivity index (χ4v) is 6.01. The number of thioether (sulfide) groups is 1. The third-order valence-electron chi connectivity index (χ3n) is 5.90. The molecule has 4 aromatic heterocycles. The van der Waals surface area contributed by atoms with Gasteiger partial charge in [0.25, 0.3) is 0 Å². The third-order valence-corrected chi connectivity index (χ3v) is 7.85. The highest BCUT2D eigenvalue weighted by molar-refractivity contribution is 7.98. The summed E-state index contributed by atoms with van der Waals surface area (Å²) in [5.41, 5.74) is 3.59. The molecular weight excluding hydrogens is 452 g/mol. The summed E-state index contributed by atoms with van der Waals surface area (Å²) in [5.74, 6) is 1.70. The van der Waals surface area contributed by atoms with Crippen LogP contribution in [-0.2, 0) is 10.5 Å². The number of hydrogen-bond donors (Lipinski definition) is 1. The smallest absolute Gasteiger partial charge is 0.227 e. The van der Waals surface area contributed by atoms with Gasteiger partial charge in [-0.25, -0.2) is 4.68 Å². The molecule has 0 saturated carbocycles. The van der Waals surface area contributed by atoms with Crippen molar-refractivity contribution in [2.45, 2.75) is 35.7 Å². The monoisotopic (exact) mass is 472 g/mol. The van der Waals surface area contributed by atoms with E-state index in [9.17, 15) is 4.79 Å². The highest BCUT2D eigenvalue weighted by Crippen LogP contribution is 2.44. The third kappa shape index (κ3) is 3.87. The van der Waals surface area contributed by atoms with E-state index in [-0.39, 0.29) is 17.7 Å². The number of nitrogens with zero attached hydrogens (tertiary/aromatic N) is 5. The van der Waals surface area contributed by atoms with Gasteiger partial charge in [0.15, 0.2) is 5.78 Å². The van der Waals surface area contributed by atoms with Crippen LogP contribution in [0.15, 0.2) is 82.9 Å². The second kappa shape index (κ2) is 8.57. The lowest BCUT2D eigenvalue weighted by atomic mass is 9.81. The molecule has 2 unspecified atom stereocenters. The molecule has 0 aromatic carbocycles. The van der Waals surface area contributed by atoms with E-state index in [1.807, 2.05) is 47.3 Å². The van der Waals surface area contributed by atoms with Crippen molar-refractivity contribution >= 4 is 34.8 Å².